The third-order valence-electron chi connectivity index (χ3n) is 3.16. The number of carbonyl (C=O) groups is 1. The minimum Gasteiger partial charge on any atom is -0.338 e. The van der Waals surface area contributed by atoms with E-state index in [0.717, 1.165) is 11.4 Å². The maximum atomic E-state index is 11.8. The largest absolute Gasteiger partial charge is 0.338 e. The van der Waals surface area contributed by atoms with Gasteiger partial charge < -0.3 is 16.0 Å². The summed E-state index contributed by atoms with van der Waals surface area (Å²) in [6.07, 6.45) is 2.07. The van der Waals surface area contributed by atoms with Crippen molar-refractivity contribution in [3.63, 3.8) is 0 Å². The van der Waals surface area contributed by atoms with Crippen molar-refractivity contribution in [3.8, 4) is 0 Å². The fraction of sp³-hybridized carbons (Fsp3) is 0.533. The Morgan fingerprint density at radius 3 is 2.45 bits per heavy atom. The molecule has 2 unspecified atom stereocenters. The number of urea groups is 1. The topological polar surface area (TPSA) is 53.2 Å². The zero-order valence-electron chi connectivity index (χ0n) is 12.7. The number of carbonyl (C=O) groups excluding carboxylic acids is 1. The summed E-state index contributed by atoms with van der Waals surface area (Å²) in [5.74, 6) is 1.53. The van der Waals surface area contributed by atoms with E-state index in [0.29, 0.717) is 18.5 Å². The summed E-state index contributed by atoms with van der Waals surface area (Å²) < 4.78 is 0. The Balaban J connectivity index is 2.42. The van der Waals surface area contributed by atoms with Crippen molar-refractivity contribution in [3.05, 3.63) is 29.8 Å². The highest BCUT2D eigenvalue weighted by Gasteiger charge is 2.06. The predicted octanol–water partition coefficient (Wildman–Crippen LogP) is 3.09. The van der Waals surface area contributed by atoms with Crippen LogP contribution in [0, 0.1) is 5.92 Å². The van der Waals surface area contributed by atoms with Crippen molar-refractivity contribution in [2.24, 2.45) is 5.92 Å². The van der Waals surface area contributed by atoms with Crippen LogP contribution in [0.5, 0.6) is 0 Å². The van der Waals surface area contributed by atoms with Gasteiger partial charge in [0.1, 0.15) is 0 Å². The number of hydrogen-bond donors (Lipinski definition) is 3. The molecule has 3 N–H and O–H groups in total. The van der Waals surface area contributed by atoms with Gasteiger partial charge in [0.2, 0.25) is 0 Å². The zero-order valence-corrected chi connectivity index (χ0v) is 13.5. The molecule has 4 nitrogen and oxygen atoms in total. The maximum absolute atomic E-state index is 11.8. The average molecular weight is 295 g/mol. The molecule has 0 fully saturated rings. The SMILES string of the molecule is CNC(C)c1ccc(NC(=O)NCC(C)CSC)cc1. The molecule has 1 aromatic carbocycles. The molecular weight excluding hydrogens is 270 g/mol. The summed E-state index contributed by atoms with van der Waals surface area (Å²) in [6, 6.07) is 8.06. The Labute approximate surface area is 126 Å². The molecule has 1 rings (SSSR count). The van der Waals surface area contributed by atoms with Gasteiger partial charge in [-0.15, -0.1) is 0 Å². The van der Waals surface area contributed by atoms with Gasteiger partial charge in [0.25, 0.3) is 0 Å². The molecule has 5 heteroatoms. The van der Waals surface area contributed by atoms with Crippen LogP contribution < -0.4 is 16.0 Å². The van der Waals surface area contributed by atoms with E-state index >= 15 is 0 Å². The van der Waals surface area contributed by atoms with Crippen LogP contribution >= 0.6 is 11.8 Å². The molecule has 2 atom stereocenters. The lowest BCUT2D eigenvalue weighted by Gasteiger charge is -2.13. The van der Waals surface area contributed by atoms with Gasteiger partial charge >= 0.3 is 6.03 Å². The van der Waals surface area contributed by atoms with E-state index in [9.17, 15) is 4.79 Å². The fourth-order valence-corrected chi connectivity index (χ4v) is 2.49. The Morgan fingerprint density at radius 1 is 1.25 bits per heavy atom. The van der Waals surface area contributed by atoms with Crippen LogP contribution in [0.4, 0.5) is 10.5 Å². The first-order valence-corrected chi connectivity index (χ1v) is 8.27. The Morgan fingerprint density at radius 2 is 1.90 bits per heavy atom. The first-order valence-electron chi connectivity index (χ1n) is 6.87. The van der Waals surface area contributed by atoms with Crippen molar-refractivity contribution < 1.29 is 4.79 Å². The molecule has 112 valence electrons. The number of anilines is 1. The highest BCUT2D eigenvalue weighted by Crippen LogP contribution is 2.15. The Bertz CT molecular complexity index is 408. The molecule has 0 saturated carbocycles. The Hall–Kier alpha value is -1.20. The van der Waals surface area contributed by atoms with Crippen LogP contribution in [-0.4, -0.2) is 31.6 Å². The first-order chi connectivity index (χ1) is 9.56. The molecule has 0 aliphatic rings. The summed E-state index contributed by atoms with van der Waals surface area (Å²) in [4.78, 5) is 11.8. The molecule has 0 bridgehead atoms. The second-order valence-electron chi connectivity index (χ2n) is 5.03. The number of rotatable bonds is 7. The van der Waals surface area contributed by atoms with Crippen LogP contribution in [0.2, 0.25) is 0 Å². The average Bonchev–Trinajstić information content (AvgIpc) is 2.45. The lowest BCUT2D eigenvalue weighted by atomic mass is 10.1. The van der Waals surface area contributed by atoms with Crippen LogP contribution in [0.1, 0.15) is 25.5 Å². The lowest BCUT2D eigenvalue weighted by Crippen LogP contribution is -2.32. The van der Waals surface area contributed by atoms with Crippen LogP contribution in [0.15, 0.2) is 24.3 Å². The highest BCUT2D eigenvalue weighted by atomic mass is 32.2. The molecule has 20 heavy (non-hydrogen) atoms. The Kier molecular flexibility index (Phi) is 7.47. The minimum atomic E-state index is -0.146. The molecule has 0 aliphatic heterocycles. The van der Waals surface area contributed by atoms with Crippen molar-refractivity contribution in [1.29, 1.82) is 0 Å². The van der Waals surface area contributed by atoms with Gasteiger partial charge in [-0.2, -0.15) is 11.8 Å². The molecular formula is C15H25N3OS. The van der Waals surface area contributed by atoms with Gasteiger partial charge in [0, 0.05) is 18.3 Å². The molecule has 0 saturated heterocycles. The van der Waals surface area contributed by atoms with E-state index in [4.69, 9.17) is 0 Å². The van der Waals surface area contributed by atoms with Gasteiger partial charge in [0.15, 0.2) is 0 Å². The van der Waals surface area contributed by atoms with Crippen molar-refractivity contribution in [2.75, 3.05) is 30.9 Å². The standard InChI is InChI=1S/C15H25N3OS/c1-11(10-20-4)9-17-15(19)18-14-7-5-13(6-8-14)12(2)16-3/h5-8,11-12,16H,9-10H2,1-4H3,(H2,17,18,19). The molecule has 0 spiro atoms. The van der Waals surface area contributed by atoms with Crippen LogP contribution in [0.3, 0.4) is 0 Å². The molecule has 2 amide bonds. The second kappa shape index (κ2) is 8.87. The van der Waals surface area contributed by atoms with E-state index in [1.54, 1.807) is 11.8 Å². The highest BCUT2D eigenvalue weighted by molar-refractivity contribution is 7.98. The minimum absolute atomic E-state index is 0.146. The smallest absolute Gasteiger partial charge is 0.319 e. The van der Waals surface area contributed by atoms with Gasteiger partial charge in [-0.25, -0.2) is 4.79 Å². The normalized spacial score (nSPS) is 13.6. The molecule has 1 aromatic rings. The van der Waals surface area contributed by atoms with Crippen molar-refractivity contribution in [1.82, 2.24) is 10.6 Å². The van der Waals surface area contributed by atoms with Crippen LogP contribution in [-0.2, 0) is 0 Å². The number of benzene rings is 1. The monoisotopic (exact) mass is 295 g/mol. The number of thioether (sulfide) groups is 1. The summed E-state index contributed by atoms with van der Waals surface area (Å²) in [5, 5.41) is 8.92. The summed E-state index contributed by atoms with van der Waals surface area (Å²) >= 11 is 1.79. The van der Waals surface area contributed by atoms with Gasteiger partial charge in [0.05, 0.1) is 0 Å². The fourth-order valence-electron chi connectivity index (χ4n) is 1.81. The second-order valence-corrected chi connectivity index (χ2v) is 5.94. The number of hydrogen-bond acceptors (Lipinski definition) is 3. The first kappa shape index (κ1) is 16.9. The zero-order chi connectivity index (χ0) is 15.0. The number of nitrogens with one attached hydrogen (secondary N) is 3. The number of amides is 2. The van der Waals surface area contributed by atoms with Crippen molar-refractivity contribution >= 4 is 23.5 Å². The van der Waals surface area contributed by atoms with E-state index < -0.39 is 0 Å². The van der Waals surface area contributed by atoms with Gasteiger partial charge in [-0.3, -0.25) is 0 Å². The molecule has 0 aliphatic carbocycles. The van der Waals surface area contributed by atoms with Crippen LogP contribution in [0.25, 0.3) is 0 Å². The quantitative estimate of drug-likeness (QED) is 0.724. The molecule has 0 aromatic heterocycles. The lowest BCUT2D eigenvalue weighted by molar-refractivity contribution is 0.251. The van der Waals surface area contributed by atoms with Gasteiger partial charge in [-0.1, -0.05) is 19.1 Å². The maximum Gasteiger partial charge on any atom is 0.319 e. The third-order valence-corrected chi connectivity index (χ3v) is 4.07. The molecule has 0 radical (unpaired) electrons. The summed E-state index contributed by atoms with van der Waals surface area (Å²) in [5.41, 5.74) is 2.01. The summed E-state index contributed by atoms with van der Waals surface area (Å²) in [7, 11) is 1.93. The van der Waals surface area contributed by atoms with E-state index in [1.807, 2.05) is 31.3 Å². The van der Waals surface area contributed by atoms with E-state index in [-0.39, 0.29) is 6.03 Å². The molecule has 0 heterocycles. The van der Waals surface area contributed by atoms with E-state index in [2.05, 4.69) is 36.1 Å². The summed E-state index contributed by atoms with van der Waals surface area (Å²) in [6.45, 7) is 4.93. The van der Waals surface area contributed by atoms with Crippen molar-refractivity contribution in [2.45, 2.75) is 19.9 Å². The van der Waals surface area contributed by atoms with E-state index in [1.165, 1.54) is 5.56 Å². The van der Waals surface area contributed by atoms with Gasteiger partial charge in [-0.05, 0) is 49.6 Å². The third kappa shape index (κ3) is 5.84. The predicted molar refractivity (Wildman–Crippen MR) is 88.5 cm³/mol.